The normalized spacial score (nSPS) is 20.2. The Balaban J connectivity index is 2.36. The zero-order valence-corrected chi connectivity index (χ0v) is 12.8. The van der Waals surface area contributed by atoms with Gasteiger partial charge in [-0.15, -0.1) is 0 Å². The molecule has 1 aromatic carbocycles. The van der Waals surface area contributed by atoms with E-state index in [4.69, 9.17) is 9.47 Å². The Bertz CT molecular complexity index is 434. The van der Waals surface area contributed by atoms with Gasteiger partial charge in [0.15, 0.2) is 0 Å². The molecule has 0 heterocycles. The van der Waals surface area contributed by atoms with E-state index in [-0.39, 0.29) is 0 Å². The second-order valence-corrected chi connectivity index (χ2v) is 5.83. The molecule has 3 nitrogen and oxygen atoms in total. The van der Waals surface area contributed by atoms with Crippen LogP contribution >= 0.6 is 0 Å². The van der Waals surface area contributed by atoms with Crippen molar-refractivity contribution in [1.29, 1.82) is 0 Å². The summed E-state index contributed by atoms with van der Waals surface area (Å²) in [5.41, 5.74) is 1.49. The molecule has 112 valence electrons. The van der Waals surface area contributed by atoms with Crippen LogP contribution in [0.2, 0.25) is 0 Å². The smallest absolute Gasteiger partial charge is 0.124 e. The van der Waals surface area contributed by atoms with Gasteiger partial charge in [0.1, 0.15) is 11.9 Å². The fourth-order valence-electron chi connectivity index (χ4n) is 3.27. The summed E-state index contributed by atoms with van der Waals surface area (Å²) >= 11 is 0. The summed E-state index contributed by atoms with van der Waals surface area (Å²) in [6, 6.07) is 5.94. The van der Waals surface area contributed by atoms with E-state index in [0.717, 1.165) is 42.6 Å². The van der Waals surface area contributed by atoms with Gasteiger partial charge >= 0.3 is 0 Å². The molecule has 0 aromatic heterocycles. The third-order valence-electron chi connectivity index (χ3n) is 4.53. The van der Waals surface area contributed by atoms with Gasteiger partial charge in [-0.25, -0.2) is 0 Å². The minimum atomic E-state index is -0.638. The van der Waals surface area contributed by atoms with Gasteiger partial charge in [-0.3, -0.25) is 0 Å². The minimum Gasteiger partial charge on any atom is -0.496 e. The predicted octanol–water partition coefficient (Wildman–Crippen LogP) is 3.78. The van der Waals surface area contributed by atoms with Gasteiger partial charge in [-0.2, -0.15) is 0 Å². The monoisotopic (exact) mass is 278 g/mol. The molecule has 3 heteroatoms. The molecule has 1 N–H and O–H groups in total. The molecule has 2 rings (SSSR count). The van der Waals surface area contributed by atoms with Crippen molar-refractivity contribution < 1.29 is 14.6 Å². The minimum absolute atomic E-state index is 0.475. The van der Waals surface area contributed by atoms with Crippen LogP contribution in [-0.2, 0) is 4.74 Å². The van der Waals surface area contributed by atoms with Crippen LogP contribution in [0.4, 0.5) is 0 Å². The molecule has 0 bridgehead atoms. The number of methoxy groups -OCH3 is 2. The van der Waals surface area contributed by atoms with Crippen LogP contribution in [0.5, 0.6) is 5.75 Å². The van der Waals surface area contributed by atoms with Crippen molar-refractivity contribution in [3.05, 3.63) is 29.3 Å². The lowest BCUT2D eigenvalue weighted by atomic mass is 9.83. The number of ether oxygens (including phenoxy) is 2. The van der Waals surface area contributed by atoms with Crippen molar-refractivity contribution >= 4 is 0 Å². The molecule has 0 radical (unpaired) electrons. The Morgan fingerprint density at radius 1 is 1.10 bits per heavy atom. The SMILES string of the molecule is COc1ccc(C)cc1C(O)C1(OC)CCCCCC1. The van der Waals surface area contributed by atoms with Crippen LogP contribution in [-0.4, -0.2) is 24.9 Å². The molecular weight excluding hydrogens is 252 g/mol. The Labute approximate surface area is 121 Å². The van der Waals surface area contributed by atoms with Crippen molar-refractivity contribution in [3.63, 3.8) is 0 Å². The first-order chi connectivity index (χ1) is 9.63. The van der Waals surface area contributed by atoms with Crippen LogP contribution in [0, 0.1) is 6.92 Å². The molecule has 1 aliphatic rings. The Morgan fingerprint density at radius 2 is 1.75 bits per heavy atom. The number of aliphatic hydroxyl groups excluding tert-OH is 1. The van der Waals surface area contributed by atoms with E-state index < -0.39 is 11.7 Å². The highest BCUT2D eigenvalue weighted by Gasteiger charge is 2.40. The van der Waals surface area contributed by atoms with Gasteiger partial charge < -0.3 is 14.6 Å². The number of hydrogen-bond acceptors (Lipinski definition) is 3. The second-order valence-electron chi connectivity index (χ2n) is 5.83. The highest BCUT2D eigenvalue weighted by molar-refractivity contribution is 5.39. The predicted molar refractivity (Wildman–Crippen MR) is 80.1 cm³/mol. The molecule has 0 saturated heterocycles. The van der Waals surface area contributed by atoms with Gasteiger partial charge in [0.2, 0.25) is 0 Å². The largest absolute Gasteiger partial charge is 0.496 e. The van der Waals surface area contributed by atoms with Gasteiger partial charge in [-0.1, -0.05) is 37.3 Å². The third kappa shape index (κ3) is 2.99. The zero-order chi connectivity index (χ0) is 14.6. The maximum atomic E-state index is 11.0. The molecule has 1 saturated carbocycles. The van der Waals surface area contributed by atoms with E-state index in [1.54, 1.807) is 14.2 Å². The summed E-state index contributed by atoms with van der Waals surface area (Å²) in [7, 11) is 3.37. The van der Waals surface area contributed by atoms with Crippen LogP contribution in [0.3, 0.4) is 0 Å². The summed E-state index contributed by atoms with van der Waals surface area (Å²) in [5, 5.41) is 11.0. The van der Waals surface area contributed by atoms with Crippen molar-refractivity contribution in [2.75, 3.05) is 14.2 Å². The number of aryl methyl sites for hydroxylation is 1. The summed E-state index contributed by atoms with van der Waals surface area (Å²) in [6.07, 6.45) is 5.84. The summed E-state index contributed by atoms with van der Waals surface area (Å²) in [6.45, 7) is 2.03. The number of benzene rings is 1. The standard InChI is InChI=1S/C17H26O3/c1-13-8-9-15(19-2)14(12-13)16(18)17(20-3)10-6-4-5-7-11-17/h8-9,12,16,18H,4-7,10-11H2,1-3H3. The van der Waals surface area contributed by atoms with Crippen molar-refractivity contribution in [2.45, 2.75) is 57.2 Å². The maximum Gasteiger partial charge on any atom is 0.124 e. The Morgan fingerprint density at radius 3 is 2.30 bits per heavy atom. The molecule has 1 aliphatic carbocycles. The molecule has 0 aliphatic heterocycles. The van der Waals surface area contributed by atoms with E-state index >= 15 is 0 Å². The van der Waals surface area contributed by atoms with Crippen molar-refractivity contribution in [2.24, 2.45) is 0 Å². The Hall–Kier alpha value is -1.06. The molecule has 1 fully saturated rings. The van der Waals surface area contributed by atoms with E-state index in [0.29, 0.717) is 0 Å². The second kappa shape index (κ2) is 6.59. The average molecular weight is 278 g/mol. The molecule has 1 atom stereocenters. The van der Waals surface area contributed by atoms with Gasteiger partial charge in [0.25, 0.3) is 0 Å². The third-order valence-corrected chi connectivity index (χ3v) is 4.53. The molecule has 0 amide bonds. The summed E-state index contributed by atoms with van der Waals surface area (Å²) < 4.78 is 11.2. The lowest BCUT2D eigenvalue weighted by Gasteiger charge is -2.37. The average Bonchev–Trinajstić information content (AvgIpc) is 2.72. The first-order valence-electron chi connectivity index (χ1n) is 7.51. The quantitative estimate of drug-likeness (QED) is 0.852. The van der Waals surface area contributed by atoms with E-state index in [1.807, 2.05) is 25.1 Å². The van der Waals surface area contributed by atoms with Crippen LogP contribution in [0.25, 0.3) is 0 Å². The highest BCUT2D eigenvalue weighted by Crippen LogP contribution is 2.42. The number of hydrogen-bond donors (Lipinski definition) is 1. The van der Waals surface area contributed by atoms with Gasteiger partial charge in [0.05, 0.1) is 12.7 Å². The first-order valence-corrected chi connectivity index (χ1v) is 7.51. The first kappa shape index (κ1) is 15.3. The Kier molecular flexibility index (Phi) is 5.06. The lowest BCUT2D eigenvalue weighted by molar-refractivity contribution is -0.114. The summed E-state index contributed by atoms with van der Waals surface area (Å²) in [5.74, 6) is 0.740. The molecule has 1 unspecified atom stereocenters. The van der Waals surface area contributed by atoms with Gasteiger partial charge in [-0.05, 0) is 31.9 Å². The zero-order valence-electron chi connectivity index (χ0n) is 12.8. The van der Waals surface area contributed by atoms with Crippen LogP contribution in [0.15, 0.2) is 18.2 Å². The highest BCUT2D eigenvalue weighted by atomic mass is 16.5. The lowest BCUT2D eigenvalue weighted by Crippen LogP contribution is -2.38. The van der Waals surface area contributed by atoms with Crippen LogP contribution < -0.4 is 4.74 Å². The number of rotatable bonds is 4. The van der Waals surface area contributed by atoms with Gasteiger partial charge in [0, 0.05) is 12.7 Å². The molecular formula is C17H26O3. The van der Waals surface area contributed by atoms with Crippen molar-refractivity contribution in [1.82, 2.24) is 0 Å². The molecule has 20 heavy (non-hydrogen) atoms. The van der Waals surface area contributed by atoms with E-state index in [2.05, 4.69) is 0 Å². The van der Waals surface area contributed by atoms with Crippen LogP contribution in [0.1, 0.15) is 55.8 Å². The van der Waals surface area contributed by atoms with E-state index in [9.17, 15) is 5.11 Å². The molecule has 0 spiro atoms. The summed E-state index contributed by atoms with van der Waals surface area (Å²) in [4.78, 5) is 0. The van der Waals surface area contributed by atoms with E-state index in [1.165, 1.54) is 12.8 Å². The topological polar surface area (TPSA) is 38.7 Å². The number of aliphatic hydroxyl groups is 1. The fraction of sp³-hybridized carbons (Fsp3) is 0.647. The molecule has 1 aromatic rings. The van der Waals surface area contributed by atoms with Crippen molar-refractivity contribution in [3.8, 4) is 5.75 Å². The maximum absolute atomic E-state index is 11.0. The fourth-order valence-corrected chi connectivity index (χ4v) is 3.27.